The van der Waals surface area contributed by atoms with Gasteiger partial charge in [-0.3, -0.25) is 14.1 Å². The van der Waals surface area contributed by atoms with Gasteiger partial charge in [-0.05, 0) is 72.1 Å². The minimum absolute atomic E-state index is 0.138. The number of anilines is 2. The number of halogens is 1. The summed E-state index contributed by atoms with van der Waals surface area (Å²) in [7, 11) is 1.64. The standard InChI is InChI=1S/C25H24ClN5O2S2/c1-33-21-11-10-19(30-13-2-5-23(30)32)16-20(21)31-24(22-4-3-14-34-22)27-28-25(31)29-35-15-12-17-6-8-18(26)9-7-17/h3-4,6-11,14,16H,2,5,12-13,15H2,1H3,(H,28,29). The third kappa shape index (κ3) is 5.17. The molecule has 4 aromatic rings. The minimum atomic E-state index is 0.138. The number of carbonyl (C=O) groups excluding carboxylic acids is 1. The van der Waals surface area contributed by atoms with E-state index in [1.807, 2.05) is 69.4 Å². The first-order valence-electron chi connectivity index (χ1n) is 11.2. The molecule has 0 aliphatic carbocycles. The summed E-state index contributed by atoms with van der Waals surface area (Å²) in [6, 6.07) is 17.7. The molecule has 1 aliphatic rings. The molecular formula is C25H24ClN5O2S2. The van der Waals surface area contributed by atoms with Gasteiger partial charge >= 0.3 is 0 Å². The maximum absolute atomic E-state index is 12.4. The summed E-state index contributed by atoms with van der Waals surface area (Å²) in [4.78, 5) is 15.2. The summed E-state index contributed by atoms with van der Waals surface area (Å²) >= 11 is 9.15. The minimum Gasteiger partial charge on any atom is -0.495 e. The molecule has 2 aromatic heterocycles. The molecule has 35 heavy (non-hydrogen) atoms. The number of nitrogens with one attached hydrogen (secondary N) is 1. The highest BCUT2D eigenvalue weighted by molar-refractivity contribution is 8.00. The van der Waals surface area contributed by atoms with Crippen LogP contribution in [0, 0.1) is 0 Å². The van der Waals surface area contributed by atoms with Crippen molar-refractivity contribution in [3.05, 3.63) is 70.6 Å². The van der Waals surface area contributed by atoms with Crippen LogP contribution in [0.25, 0.3) is 16.4 Å². The number of hydrogen-bond acceptors (Lipinski definition) is 7. The zero-order chi connectivity index (χ0) is 24.2. The fourth-order valence-electron chi connectivity index (χ4n) is 4.02. The van der Waals surface area contributed by atoms with E-state index in [1.165, 1.54) is 5.56 Å². The average Bonchev–Trinajstić information content (AvgIpc) is 3.63. The van der Waals surface area contributed by atoms with Gasteiger partial charge in [0.1, 0.15) is 5.75 Å². The van der Waals surface area contributed by atoms with E-state index in [-0.39, 0.29) is 5.91 Å². The second-order valence-corrected chi connectivity index (χ2v) is 10.3. The number of benzene rings is 2. The Bertz CT molecular complexity index is 1310. The summed E-state index contributed by atoms with van der Waals surface area (Å²) in [5, 5.41) is 11.7. The van der Waals surface area contributed by atoms with Gasteiger partial charge in [0, 0.05) is 29.4 Å². The largest absolute Gasteiger partial charge is 0.495 e. The normalized spacial score (nSPS) is 13.4. The van der Waals surface area contributed by atoms with E-state index in [2.05, 4.69) is 14.9 Å². The van der Waals surface area contributed by atoms with Gasteiger partial charge < -0.3 is 9.64 Å². The van der Waals surface area contributed by atoms with Crippen LogP contribution >= 0.6 is 34.9 Å². The monoisotopic (exact) mass is 525 g/mol. The van der Waals surface area contributed by atoms with Crippen LogP contribution < -0.4 is 14.4 Å². The fourth-order valence-corrected chi connectivity index (χ4v) is 5.55. The van der Waals surface area contributed by atoms with Gasteiger partial charge in [-0.1, -0.05) is 29.8 Å². The van der Waals surface area contributed by atoms with Crippen LogP contribution in [-0.4, -0.2) is 40.1 Å². The van der Waals surface area contributed by atoms with Crippen molar-refractivity contribution in [3.63, 3.8) is 0 Å². The number of carbonyl (C=O) groups is 1. The zero-order valence-corrected chi connectivity index (χ0v) is 21.5. The lowest BCUT2D eigenvalue weighted by Gasteiger charge is -2.20. The summed E-state index contributed by atoms with van der Waals surface area (Å²) < 4.78 is 11.0. The lowest BCUT2D eigenvalue weighted by atomic mass is 10.2. The van der Waals surface area contributed by atoms with Crippen molar-refractivity contribution in [2.24, 2.45) is 0 Å². The van der Waals surface area contributed by atoms with E-state index < -0.39 is 0 Å². The van der Waals surface area contributed by atoms with Crippen LogP contribution in [0.3, 0.4) is 0 Å². The molecular weight excluding hydrogens is 502 g/mol. The lowest BCUT2D eigenvalue weighted by Crippen LogP contribution is -2.23. The van der Waals surface area contributed by atoms with Gasteiger partial charge in [0.2, 0.25) is 11.9 Å². The number of hydrogen-bond donors (Lipinski definition) is 1. The quantitative estimate of drug-likeness (QED) is 0.211. The summed E-state index contributed by atoms with van der Waals surface area (Å²) in [5.41, 5.74) is 2.84. The molecule has 7 nitrogen and oxygen atoms in total. The highest BCUT2D eigenvalue weighted by Gasteiger charge is 2.25. The van der Waals surface area contributed by atoms with Crippen LogP contribution in [0.15, 0.2) is 60.0 Å². The number of methoxy groups -OCH3 is 1. The Morgan fingerprint density at radius 3 is 2.74 bits per heavy atom. The van der Waals surface area contributed by atoms with E-state index in [4.69, 9.17) is 16.3 Å². The Balaban J connectivity index is 1.45. The molecule has 1 aliphatic heterocycles. The topological polar surface area (TPSA) is 72.3 Å². The predicted molar refractivity (Wildman–Crippen MR) is 144 cm³/mol. The van der Waals surface area contributed by atoms with Gasteiger partial charge in [-0.2, -0.15) is 0 Å². The molecule has 0 bridgehead atoms. The third-order valence-electron chi connectivity index (χ3n) is 5.76. The van der Waals surface area contributed by atoms with Gasteiger partial charge in [-0.15, -0.1) is 21.5 Å². The summed E-state index contributed by atoms with van der Waals surface area (Å²) in [5.74, 6) is 2.95. The Hall–Kier alpha value is -3.01. The lowest BCUT2D eigenvalue weighted by molar-refractivity contribution is -0.117. The van der Waals surface area contributed by atoms with Gasteiger partial charge in [-0.25, -0.2) is 0 Å². The SMILES string of the molecule is COc1ccc(N2CCCC2=O)cc1-n1c(NSCCc2ccc(Cl)cc2)nnc1-c1cccs1. The van der Waals surface area contributed by atoms with Crippen LogP contribution in [0.4, 0.5) is 11.6 Å². The Labute approximate surface area is 217 Å². The molecule has 2 aromatic carbocycles. The van der Waals surface area contributed by atoms with Crippen molar-refractivity contribution < 1.29 is 9.53 Å². The molecule has 0 radical (unpaired) electrons. The van der Waals surface area contributed by atoms with E-state index in [0.717, 1.165) is 46.4 Å². The zero-order valence-electron chi connectivity index (χ0n) is 19.1. The Kier molecular flexibility index (Phi) is 7.26. The summed E-state index contributed by atoms with van der Waals surface area (Å²) in [6.07, 6.45) is 2.33. The highest BCUT2D eigenvalue weighted by atomic mass is 35.5. The maximum Gasteiger partial charge on any atom is 0.239 e. The first kappa shape index (κ1) is 23.7. The van der Waals surface area contributed by atoms with E-state index in [0.29, 0.717) is 23.9 Å². The number of amides is 1. The average molecular weight is 526 g/mol. The fraction of sp³-hybridized carbons (Fsp3) is 0.240. The van der Waals surface area contributed by atoms with Crippen LogP contribution in [-0.2, 0) is 11.2 Å². The first-order valence-corrected chi connectivity index (χ1v) is 13.5. The molecule has 1 amide bonds. The van der Waals surface area contributed by atoms with E-state index in [9.17, 15) is 4.79 Å². The predicted octanol–water partition coefficient (Wildman–Crippen LogP) is 6.09. The van der Waals surface area contributed by atoms with Gasteiger partial charge in [0.05, 0.1) is 17.7 Å². The molecule has 1 saturated heterocycles. The van der Waals surface area contributed by atoms with Crippen molar-refractivity contribution in [3.8, 4) is 22.1 Å². The van der Waals surface area contributed by atoms with Crippen LogP contribution in [0.5, 0.6) is 5.75 Å². The molecule has 0 saturated carbocycles. The van der Waals surface area contributed by atoms with Crippen molar-refractivity contribution in [1.29, 1.82) is 0 Å². The maximum atomic E-state index is 12.4. The smallest absolute Gasteiger partial charge is 0.239 e. The molecule has 3 heterocycles. The van der Waals surface area contributed by atoms with Crippen molar-refractivity contribution in [1.82, 2.24) is 14.8 Å². The first-order chi connectivity index (χ1) is 17.1. The Morgan fingerprint density at radius 1 is 1.17 bits per heavy atom. The molecule has 10 heteroatoms. The number of rotatable bonds is 9. The van der Waals surface area contributed by atoms with Crippen LogP contribution in [0.1, 0.15) is 18.4 Å². The Morgan fingerprint density at radius 2 is 2.03 bits per heavy atom. The highest BCUT2D eigenvalue weighted by Crippen LogP contribution is 2.36. The van der Waals surface area contributed by atoms with E-state index in [1.54, 1.807) is 30.4 Å². The second-order valence-electron chi connectivity index (χ2n) is 7.99. The molecule has 0 atom stereocenters. The molecule has 1 fully saturated rings. The molecule has 1 N–H and O–H groups in total. The van der Waals surface area contributed by atoms with Crippen molar-refractivity contribution >= 4 is 52.4 Å². The molecule has 180 valence electrons. The number of aryl methyl sites for hydroxylation is 1. The van der Waals surface area contributed by atoms with Crippen molar-refractivity contribution in [2.75, 3.05) is 29.0 Å². The number of aromatic nitrogens is 3. The van der Waals surface area contributed by atoms with Crippen molar-refractivity contribution in [2.45, 2.75) is 19.3 Å². The number of ether oxygens (including phenoxy) is 1. The van der Waals surface area contributed by atoms with Gasteiger partial charge in [0.25, 0.3) is 0 Å². The number of nitrogens with zero attached hydrogens (tertiary/aromatic N) is 4. The number of thiophene rings is 1. The summed E-state index contributed by atoms with van der Waals surface area (Å²) in [6.45, 7) is 0.718. The van der Waals surface area contributed by atoms with E-state index >= 15 is 0 Å². The van der Waals surface area contributed by atoms with Gasteiger partial charge in [0.15, 0.2) is 5.82 Å². The molecule has 5 rings (SSSR count). The van der Waals surface area contributed by atoms with Crippen LogP contribution in [0.2, 0.25) is 5.02 Å². The molecule has 0 unspecified atom stereocenters. The third-order valence-corrected chi connectivity index (χ3v) is 7.62. The molecule has 0 spiro atoms. The second kappa shape index (κ2) is 10.7.